The van der Waals surface area contributed by atoms with Crippen LogP contribution < -0.4 is 23.8 Å². The number of nitrogens with one attached hydrogen (secondary N) is 1. The zero-order chi connectivity index (χ0) is 24.0. The number of hydrogen-bond donors (Lipinski definition) is 1. The molecule has 3 aromatic carbocycles. The van der Waals surface area contributed by atoms with Gasteiger partial charge < -0.3 is 19.5 Å². The summed E-state index contributed by atoms with van der Waals surface area (Å²) in [4.78, 5) is 13.0. The van der Waals surface area contributed by atoms with Gasteiger partial charge in [0.05, 0.1) is 37.6 Å². The maximum absolute atomic E-state index is 13.6. The fraction of sp³-hybridized carbons (Fsp3) is 0.174. The molecule has 1 amide bonds. The van der Waals surface area contributed by atoms with E-state index >= 15 is 0 Å². The standard InChI is InChI=1S/C23H23ClN2O6S/c1-30-17-9-11-18(12-10-17)33(28,29)26(20-6-4-5-7-22(20)32-3)15-23(27)25-19-14-16(24)8-13-21(19)31-2/h4-14H,15H2,1-3H3,(H,25,27). The average molecular weight is 491 g/mol. The first kappa shape index (κ1) is 24.2. The van der Waals surface area contributed by atoms with Crippen LogP contribution >= 0.6 is 11.6 Å². The van der Waals surface area contributed by atoms with E-state index in [1.54, 1.807) is 36.4 Å². The van der Waals surface area contributed by atoms with Crippen molar-refractivity contribution in [3.05, 3.63) is 71.8 Å². The summed E-state index contributed by atoms with van der Waals surface area (Å²) in [7, 11) is 0.219. The van der Waals surface area contributed by atoms with Gasteiger partial charge in [-0.1, -0.05) is 23.7 Å². The van der Waals surface area contributed by atoms with E-state index in [-0.39, 0.29) is 10.6 Å². The fourth-order valence-corrected chi connectivity index (χ4v) is 4.71. The number of methoxy groups -OCH3 is 3. The number of carbonyl (C=O) groups excluding carboxylic acids is 1. The molecule has 10 heteroatoms. The van der Waals surface area contributed by atoms with Crippen LogP contribution in [0, 0.1) is 0 Å². The summed E-state index contributed by atoms with van der Waals surface area (Å²) in [5.41, 5.74) is 0.529. The first-order valence-corrected chi connectivity index (χ1v) is 11.5. The molecule has 0 aliphatic carbocycles. The fourth-order valence-electron chi connectivity index (χ4n) is 3.11. The summed E-state index contributed by atoms with van der Waals surface area (Å²) >= 11 is 6.04. The summed E-state index contributed by atoms with van der Waals surface area (Å²) in [6, 6.07) is 17.2. The Labute approximate surface area is 197 Å². The van der Waals surface area contributed by atoms with Gasteiger partial charge >= 0.3 is 0 Å². The van der Waals surface area contributed by atoms with E-state index in [4.69, 9.17) is 25.8 Å². The molecule has 0 aliphatic heterocycles. The topological polar surface area (TPSA) is 94.2 Å². The van der Waals surface area contributed by atoms with E-state index in [2.05, 4.69) is 5.32 Å². The van der Waals surface area contributed by atoms with Crippen molar-refractivity contribution in [2.24, 2.45) is 0 Å². The van der Waals surface area contributed by atoms with Crippen LogP contribution in [-0.2, 0) is 14.8 Å². The number of para-hydroxylation sites is 2. The van der Waals surface area contributed by atoms with E-state index in [1.165, 1.54) is 51.7 Å². The van der Waals surface area contributed by atoms with E-state index in [1.807, 2.05) is 0 Å². The van der Waals surface area contributed by atoms with Gasteiger partial charge in [0.1, 0.15) is 23.8 Å². The largest absolute Gasteiger partial charge is 0.497 e. The lowest BCUT2D eigenvalue weighted by Gasteiger charge is -2.25. The molecule has 0 unspecified atom stereocenters. The van der Waals surface area contributed by atoms with E-state index < -0.39 is 22.5 Å². The van der Waals surface area contributed by atoms with Crippen molar-refractivity contribution >= 4 is 38.9 Å². The third kappa shape index (κ3) is 5.50. The quantitative estimate of drug-likeness (QED) is 0.483. The molecule has 0 heterocycles. The van der Waals surface area contributed by atoms with Gasteiger partial charge in [-0.15, -0.1) is 0 Å². The van der Waals surface area contributed by atoms with Crippen molar-refractivity contribution in [3.8, 4) is 17.2 Å². The van der Waals surface area contributed by atoms with Gasteiger partial charge in [0.15, 0.2) is 0 Å². The van der Waals surface area contributed by atoms with Crippen LogP contribution in [0.4, 0.5) is 11.4 Å². The van der Waals surface area contributed by atoms with Crippen LogP contribution in [0.2, 0.25) is 5.02 Å². The van der Waals surface area contributed by atoms with Gasteiger partial charge in [-0.25, -0.2) is 8.42 Å². The molecule has 0 spiro atoms. The number of amides is 1. The van der Waals surface area contributed by atoms with E-state index in [0.29, 0.717) is 28.0 Å². The van der Waals surface area contributed by atoms with Crippen molar-refractivity contribution < 1.29 is 27.4 Å². The van der Waals surface area contributed by atoms with Gasteiger partial charge in [-0.05, 0) is 54.6 Å². The molecule has 33 heavy (non-hydrogen) atoms. The predicted molar refractivity (Wildman–Crippen MR) is 127 cm³/mol. The Kier molecular flexibility index (Phi) is 7.67. The Hall–Kier alpha value is -3.43. The Balaban J connectivity index is 2.00. The molecule has 3 aromatic rings. The SMILES string of the molecule is COc1ccc(S(=O)(=O)N(CC(=O)Nc2cc(Cl)ccc2OC)c2ccccc2OC)cc1. The monoisotopic (exact) mass is 490 g/mol. The minimum Gasteiger partial charge on any atom is -0.497 e. The van der Waals surface area contributed by atoms with Crippen molar-refractivity contribution in [2.45, 2.75) is 4.90 Å². The van der Waals surface area contributed by atoms with Gasteiger partial charge in [0.2, 0.25) is 5.91 Å². The van der Waals surface area contributed by atoms with Gasteiger partial charge in [-0.3, -0.25) is 9.10 Å². The minimum absolute atomic E-state index is 0.0117. The first-order chi connectivity index (χ1) is 15.8. The number of sulfonamides is 1. The molecule has 0 saturated heterocycles. The van der Waals surface area contributed by atoms with Crippen molar-refractivity contribution in [1.29, 1.82) is 0 Å². The maximum atomic E-state index is 13.6. The zero-order valence-electron chi connectivity index (χ0n) is 18.2. The molecule has 0 fully saturated rings. The third-order valence-corrected chi connectivity index (χ3v) is 6.73. The molecule has 1 N–H and O–H groups in total. The molecule has 0 aliphatic rings. The van der Waals surface area contributed by atoms with Crippen molar-refractivity contribution in [1.82, 2.24) is 0 Å². The molecular formula is C23H23ClN2O6S. The maximum Gasteiger partial charge on any atom is 0.264 e. The van der Waals surface area contributed by atoms with E-state index in [9.17, 15) is 13.2 Å². The van der Waals surface area contributed by atoms with Crippen molar-refractivity contribution in [3.63, 3.8) is 0 Å². The Morgan fingerprint density at radius 3 is 2.21 bits per heavy atom. The Morgan fingerprint density at radius 1 is 0.909 bits per heavy atom. The number of carbonyl (C=O) groups is 1. The molecule has 0 bridgehead atoms. The van der Waals surface area contributed by atoms with Crippen LogP contribution in [-0.4, -0.2) is 42.2 Å². The van der Waals surface area contributed by atoms with Crippen LogP contribution in [0.15, 0.2) is 71.6 Å². The number of halogens is 1. The van der Waals surface area contributed by atoms with Crippen LogP contribution in [0.5, 0.6) is 17.2 Å². The number of benzene rings is 3. The Bertz CT molecular complexity index is 1230. The Morgan fingerprint density at radius 2 is 1.58 bits per heavy atom. The normalized spacial score (nSPS) is 10.9. The highest BCUT2D eigenvalue weighted by Crippen LogP contribution is 2.33. The molecule has 0 radical (unpaired) electrons. The van der Waals surface area contributed by atoms with Gasteiger partial charge in [0, 0.05) is 5.02 Å². The predicted octanol–water partition coefficient (Wildman–Crippen LogP) is 4.20. The molecule has 0 aromatic heterocycles. The lowest BCUT2D eigenvalue weighted by molar-refractivity contribution is -0.114. The highest BCUT2D eigenvalue weighted by molar-refractivity contribution is 7.92. The number of nitrogens with zero attached hydrogens (tertiary/aromatic N) is 1. The highest BCUT2D eigenvalue weighted by atomic mass is 35.5. The second kappa shape index (κ2) is 10.5. The minimum atomic E-state index is -4.14. The van der Waals surface area contributed by atoms with Crippen LogP contribution in [0.1, 0.15) is 0 Å². The average Bonchev–Trinajstić information content (AvgIpc) is 2.82. The molecule has 0 saturated carbocycles. The summed E-state index contributed by atoms with van der Waals surface area (Å²) in [6.45, 7) is -0.523. The molecule has 8 nitrogen and oxygen atoms in total. The van der Waals surface area contributed by atoms with E-state index in [0.717, 1.165) is 4.31 Å². The second-order valence-electron chi connectivity index (χ2n) is 6.75. The number of anilines is 2. The molecular weight excluding hydrogens is 468 g/mol. The van der Waals surface area contributed by atoms with Crippen LogP contribution in [0.25, 0.3) is 0 Å². The second-order valence-corrected chi connectivity index (χ2v) is 9.05. The molecule has 0 atom stereocenters. The van der Waals surface area contributed by atoms with Crippen LogP contribution in [0.3, 0.4) is 0 Å². The smallest absolute Gasteiger partial charge is 0.264 e. The van der Waals surface area contributed by atoms with Gasteiger partial charge in [0.25, 0.3) is 10.0 Å². The summed E-state index contributed by atoms with van der Waals surface area (Å²) in [5.74, 6) is 0.583. The van der Waals surface area contributed by atoms with Crippen molar-refractivity contribution in [2.75, 3.05) is 37.5 Å². The summed E-state index contributed by atoms with van der Waals surface area (Å²) in [5, 5.41) is 3.05. The lowest BCUT2D eigenvalue weighted by Crippen LogP contribution is -2.38. The molecule has 174 valence electrons. The van der Waals surface area contributed by atoms with Gasteiger partial charge in [-0.2, -0.15) is 0 Å². The number of hydrogen-bond acceptors (Lipinski definition) is 6. The molecule has 3 rings (SSSR count). The first-order valence-electron chi connectivity index (χ1n) is 9.73. The number of ether oxygens (including phenoxy) is 3. The number of rotatable bonds is 9. The zero-order valence-corrected chi connectivity index (χ0v) is 19.8. The lowest BCUT2D eigenvalue weighted by atomic mass is 10.2. The summed E-state index contributed by atoms with van der Waals surface area (Å²) in [6.07, 6.45) is 0. The summed E-state index contributed by atoms with van der Waals surface area (Å²) < 4.78 is 43.8. The third-order valence-electron chi connectivity index (χ3n) is 4.72. The highest BCUT2D eigenvalue weighted by Gasteiger charge is 2.29.